The van der Waals surface area contributed by atoms with E-state index in [1.165, 1.54) is 4.90 Å². The van der Waals surface area contributed by atoms with Crippen molar-refractivity contribution in [1.29, 1.82) is 0 Å². The Labute approximate surface area is 197 Å². The van der Waals surface area contributed by atoms with E-state index >= 15 is 0 Å². The number of benzene rings is 2. The Hall–Kier alpha value is -3.39. The van der Waals surface area contributed by atoms with Gasteiger partial charge in [0.1, 0.15) is 12.6 Å². The molecule has 2 heterocycles. The minimum atomic E-state index is -0.993. The van der Waals surface area contributed by atoms with Crippen molar-refractivity contribution >= 4 is 18.0 Å². The van der Waals surface area contributed by atoms with E-state index in [4.69, 9.17) is 9.47 Å². The topological polar surface area (TPSA) is 105 Å². The van der Waals surface area contributed by atoms with E-state index in [0.717, 1.165) is 35.1 Å². The largest absolute Gasteiger partial charge is 0.480 e. The van der Waals surface area contributed by atoms with Gasteiger partial charge in [-0.3, -0.25) is 4.79 Å². The summed E-state index contributed by atoms with van der Waals surface area (Å²) in [5, 5.41) is 12.3. The molecule has 1 aliphatic carbocycles. The minimum Gasteiger partial charge on any atom is -0.480 e. The lowest BCUT2D eigenvalue weighted by Crippen LogP contribution is -2.54. The van der Waals surface area contributed by atoms with E-state index in [1.807, 2.05) is 24.3 Å². The Morgan fingerprint density at radius 1 is 1.00 bits per heavy atom. The van der Waals surface area contributed by atoms with Crippen molar-refractivity contribution < 1.29 is 29.0 Å². The highest BCUT2D eigenvalue weighted by Crippen LogP contribution is 2.44. The van der Waals surface area contributed by atoms with Gasteiger partial charge in [0.25, 0.3) is 0 Å². The van der Waals surface area contributed by atoms with Crippen LogP contribution in [0.3, 0.4) is 0 Å². The number of nitrogens with zero attached hydrogens (tertiary/aromatic N) is 1. The molecule has 2 saturated heterocycles. The maximum Gasteiger partial charge on any atom is 0.407 e. The highest BCUT2D eigenvalue weighted by molar-refractivity contribution is 5.86. The monoisotopic (exact) mass is 464 g/mol. The fraction of sp³-hybridized carbons (Fsp3) is 0.423. The Balaban J connectivity index is 1.23. The van der Waals surface area contributed by atoms with Crippen LogP contribution in [0, 0.1) is 5.92 Å². The maximum atomic E-state index is 13.1. The van der Waals surface area contributed by atoms with Gasteiger partial charge < -0.3 is 24.8 Å². The van der Waals surface area contributed by atoms with Crippen molar-refractivity contribution in [3.05, 3.63) is 59.7 Å². The van der Waals surface area contributed by atoms with Gasteiger partial charge in [-0.15, -0.1) is 0 Å². The quantitative estimate of drug-likeness (QED) is 0.705. The van der Waals surface area contributed by atoms with Crippen molar-refractivity contribution in [1.82, 2.24) is 10.2 Å². The number of aliphatic carboxylic acids is 1. The van der Waals surface area contributed by atoms with Crippen LogP contribution in [0.1, 0.15) is 36.3 Å². The number of carboxylic acids is 1. The standard InChI is InChI=1S/C26H28N2O6/c29-24(28-12-6-5-11-23(28)25(30)31)21-13-33-15-22(21)27-26(32)34-14-20-18-9-3-1-7-16(18)17-8-2-4-10-19(17)20/h1-4,7-10,20-23H,5-6,11-15H2,(H,27,32)(H,30,31). The molecule has 2 amide bonds. The van der Waals surface area contributed by atoms with Crippen molar-refractivity contribution in [3.8, 4) is 11.1 Å². The molecule has 178 valence electrons. The summed E-state index contributed by atoms with van der Waals surface area (Å²) in [4.78, 5) is 38.9. The molecule has 2 aromatic carbocycles. The van der Waals surface area contributed by atoms with E-state index in [2.05, 4.69) is 29.6 Å². The molecule has 34 heavy (non-hydrogen) atoms. The fourth-order valence-corrected chi connectivity index (χ4v) is 5.40. The summed E-state index contributed by atoms with van der Waals surface area (Å²) in [6, 6.07) is 14.8. The van der Waals surface area contributed by atoms with Crippen LogP contribution >= 0.6 is 0 Å². The molecule has 2 aromatic rings. The number of carbonyl (C=O) groups is 3. The zero-order valence-corrected chi connectivity index (χ0v) is 18.8. The number of likely N-dealkylation sites (tertiary alicyclic amines) is 1. The molecule has 8 nitrogen and oxygen atoms in total. The van der Waals surface area contributed by atoms with Crippen LogP contribution in [0.2, 0.25) is 0 Å². The molecule has 2 fully saturated rings. The third kappa shape index (κ3) is 4.14. The van der Waals surface area contributed by atoms with Crippen LogP contribution in [0.25, 0.3) is 11.1 Å². The highest BCUT2D eigenvalue weighted by atomic mass is 16.5. The van der Waals surface area contributed by atoms with Crippen LogP contribution in [0.4, 0.5) is 4.79 Å². The van der Waals surface area contributed by atoms with Gasteiger partial charge in [0.15, 0.2) is 0 Å². The molecule has 3 atom stereocenters. The summed E-state index contributed by atoms with van der Waals surface area (Å²) in [6.45, 7) is 0.922. The number of hydrogen-bond donors (Lipinski definition) is 2. The van der Waals surface area contributed by atoms with Crippen LogP contribution < -0.4 is 5.32 Å². The molecule has 0 spiro atoms. The van der Waals surface area contributed by atoms with E-state index in [0.29, 0.717) is 13.0 Å². The predicted octanol–water partition coefficient (Wildman–Crippen LogP) is 3.01. The average Bonchev–Trinajstić information content (AvgIpc) is 3.44. The molecule has 8 heteroatoms. The Morgan fingerprint density at radius 3 is 2.35 bits per heavy atom. The van der Waals surface area contributed by atoms with E-state index in [-0.39, 0.29) is 31.6 Å². The SMILES string of the molecule is O=C(NC1COCC1C(=O)N1CCCCC1C(=O)O)OCC1c2ccccc2-c2ccccc21. The number of rotatable bonds is 5. The number of amides is 2. The number of hydrogen-bond acceptors (Lipinski definition) is 5. The molecule has 0 bridgehead atoms. The number of piperidine rings is 1. The average molecular weight is 465 g/mol. The number of ether oxygens (including phenoxy) is 2. The molecule has 2 N–H and O–H groups in total. The number of fused-ring (bicyclic) bond motifs is 3. The van der Waals surface area contributed by atoms with Crippen molar-refractivity contribution in [3.63, 3.8) is 0 Å². The molecule has 0 saturated carbocycles. The van der Waals surface area contributed by atoms with Gasteiger partial charge in [-0.2, -0.15) is 0 Å². The number of nitrogens with one attached hydrogen (secondary N) is 1. The van der Waals surface area contributed by atoms with Gasteiger partial charge in [0.2, 0.25) is 5.91 Å². The van der Waals surface area contributed by atoms with E-state index in [9.17, 15) is 19.5 Å². The molecule has 0 aromatic heterocycles. The third-order valence-corrected chi connectivity index (χ3v) is 7.12. The van der Waals surface area contributed by atoms with E-state index < -0.39 is 30.1 Å². The second kappa shape index (κ2) is 9.46. The number of carboxylic acid groups (broad SMARTS) is 1. The molecule has 2 aliphatic heterocycles. The lowest BCUT2D eigenvalue weighted by atomic mass is 9.96. The zero-order valence-electron chi connectivity index (χ0n) is 18.8. The molecular weight excluding hydrogens is 436 g/mol. The zero-order chi connectivity index (χ0) is 23.7. The summed E-state index contributed by atoms with van der Waals surface area (Å²) < 4.78 is 11.1. The minimum absolute atomic E-state index is 0.0555. The highest BCUT2D eigenvalue weighted by Gasteiger charge is 2.42. The summed E-state index contributed by atoms with van der Waals surface area (Å²) >= 11 is 0. The van der Waals surface area contributed by atoms with Crippen LogP contribution in [0.5, 0.6) is 0 Å². The van der Waals surface area contributed by atoms with Crippen molar-refractivity contribution in [2.24, 2.45) is 5.92 Å². The Morgan fingerprint density at radius 2 is 1.68 bits per heavy atom. The molecule has 5 rings (SSSR count). The smallest absolute Gasteiger partial charge is 0.407 e. The second-order valence-corrected chi connectivity index (χ2v) is 9.10. The number of alkyl carbamates (subject to hydrolysis) is 1. The van der Waals surface area contributed by atoms with Gasteiger partial charge >= 0.3 is 12.1 Å². The Kier molecular flexibility index (Phi) is 6.24. The van der Waals surface area contributed by atoms with Crippen LogP contribution in [-0.4, -0.2) is 66.4 Å². The first-order valence-electron chi connectivity index (χ1n) is 11.8. The van der Waals surface area contributed by atoms with Gasteiger partial charge in [0.05, 0.1) is 25.2 Å². The van der Waals surface area contributed by atoms with Crippen LogP contribution in [-0.2, 0) is 19.1 Å². The summed E-state index contributed by atoms with van der Waals surface area (Å²) in [7, 11) is 0. The molecule has 3 aliphatic rings. The lowest BCUT2D eigenvalue weighted by Gasteiger charge is -2.35. The van der Waals surface area contributed by atoms with E-state index in [1.54, 1.807) is 0 Å². The summed E-state index contributed by atoms with van der Waals surface area (Å²) in [5.74, 6) is -1.96. The van der Waals surface area contributed by atoms with Gasteiger partial charge in [-0.05, 0) is 41.5 Å². The van der Waals surface area contributed by atoms with Gasteiger partial charge in [-0.1, -0.05) is 48.5 Å². The molecule has 3 unspecified atom stereocenters. The van der Waals surface area contributed by atoms with Crippen molar-refractivity contribution in [2.75, 3.05) is 26.4 Å². The van der Waals surface area contributed by atoms with Gasteiger partial charge in [-0.25, -0.2) is 9.59 Å². The Bertz CT molecular complexity index is 1060. The maximum absolute atomic E-state index is 13.1. The number of carbonyl (C=O) groups excluding carboxylic acids is 2. The van der Waals surface area contributed by atoms with Gasteiger partial charge in [0, 0.05) is 12.5 Å². The first-order valence-corrected chi connectivity index (χ1v) is 11.8. The fourth-order valence-electron chi connectivity index (χ4n) is 5.40. The normalized spacial score (nSPS) is 23.8. The first kappa shape index (κ1) is 22.4. The second-order valence-electron chi connectivity index (χ2n) is 9.10. The lowest BCUT2D eigenvalue weighted by molar-refractivity contribution is -0.154. The van der Waals surface area contributed by atoms with Crippen molar-refractivity contribution in [2.45, 2.75) is 37.3 Å². The first-order chi connectivity index (χ1) is 16.5. The van der Waals surface area contributed by atoms with Crippen LogP contribution in [0.15, 0.2) is 48.5 Å². The third-order valence-electron chi connectivity index (χ3n) is 7.12. The predicted molar refractivity (Wildman–Crippen MR) is 123 cm³/mol. The molecule has 0 radical (unpaired) electrons. The summed E-state index contributed by atoms with van der Waals surface area (Å²) in [6.07, 6.45) is 1.39. The summed E-state index contributed by atoms with van der Waals surface area (Å²) in [5.41, 5.74) is 4.55. The molecular formula is C26H28N2O6.